The van der Waals surface area contributed by atoms with Crippen molar-refractivity contribution in [2.45, 2.75) is 155 Å². The second kappa shape index (κ2) is 18.9. The summed E-state index contributed by atoms with van der Waals surface area (Å²) in [7, 11) is 0. The SMILES string of the molecule is CCCCCCCCCCCCCCCCCC(=O)CC(C)OC(=O)Nc1cccc(-c2nc3c(Cl)c(C(C)(C)C)[nH]n3n2)c1. The lowest BCUT2D eigenvalue weighted by molar-refractivity contribution is -0.120. The molecule has 1 amide bonds. The number of aromatic nitrogens is 4. The van der Waals surface area contributed by atoms with Gasteiger partial charge in [-0.1, -0.05) is 141 Å². The standard InChI is InChI=1S/C36H56ClN5O3/c1-6-7-8-9-10-11-12-13-14-15-16-17-18-19-20-24-30(43)25-27(2)45-35(44)38-29-23-21-22-28(26-29)33-39-34-31(37)32(36(3,4)5)40-42(34)41-33/h21-23,26-27,40H,6-20,24-25H2,1-5H3,(H,38,44). The lowest BCUT2D eigenvalue weighted by Gasteiger charge is -2.16. The number of anilines is 1. The number of nitrogens with zero attached hydrogens (tertiary/aromatic N) is 3. The van der Waals surface area contributed by atoms with E-state index in [2.05, 4.69) is 48.2 Å². The zero-order chi connectivity index (χ0) is 32.7. The number of hydrogen-bond acceptors (Lipinski definition) is 5. The Hall–Kier alpha value is -2.87. The van der Waals surface area contributed by atoms with E-state index in [1.54, 1.807) is 23.7 Å². The maximum Gasteiger partial charge on any atom is 0.411 e. The van der Waals surface area contributed by atoms with Gasteiger partial charge in [-0.2, -0.15) is 4.63 Å². The number of amides is 1. The first kappa shape index (κ1) is 36.6. The van der Waals surface area contributed by atoms with Crippen molar-refractivity contribution in [2.75, 3.05) is 5.32 Å². The molecule has 250 valence electrons. The van der Waals surface area contributed by atoms with Crippen molar-refractivity contribution in [1.82, 2.24) is 19.8 Å². The van der Waals surface area contributed by atoms with Gasteiger partial charge in [-0.15, -0.1) is 5.10 Å². The highest BCUT2D eigenvalue weighted by Crippen LogP contribution is 2.32. The van der Waals surface area contributed by atoms with E-state index in [4.69, 9.17) is 16.3 Å². The Morgan fingerprint density at radius 1 is 0.933 bits per heavy atom. The molecular formula is C36H56ClN5O3. The van der Waals surface area contributed by atoms with E-state index < -0.39 is 12.2 Å². The van der Waals surface area contributed by atoms with E-state index in [9.17, 15) is 9.59 Å². The third-order valence-electron chi connectivity index (χ3n) is 8.24. The summed E-state index contributed by atoms with van der Waals surface area (Å²) >= 11 is 6.56. The number of rotatable bonds is 21. The fraction of sp³-hybridized carbons (Fsp3) is 0.667. The van der Waals surface area contributed by atoms with Crippen LogP contribution in [0.25, 0.3) is 17.0 Å². The van der Waals surface area contributed by atoms with Crippen molar-refractivity contribution in [1.29, 1.82) is 0 Å². The highest BCUT2D eigenvalue weighted by molar-refractivity contribution is 6.34. The van der Waals surface area contributed by atoms with Crippen LogP contribution >= 0.6 is 11.6 Å². The molecule has 1 unspecified atom stereocenters. The molecule has 3 rings (SSSR count). The van der Waals surface area contributed by atoms with Crippen LogP contribution in [0.1, 0.15) is 149 Å². The van der Waals surface area contributed by atoms with Crippen LogP contribution < -0.4 is 5.32 Å². The van der Waals surface area contributed by atoms with Crippen LogP contribution in [0.2, 0.25) is 5.02 Å². The monoisotopic (exact) mass is 641 g/mol. The van der Waals surface area contributed by atoms with Crippen LogP contribution in [0.5, 0.6) is 0 Å². The van der Waals surface area contributed by atoms with Gasteiger partial charge in [-0.3, -0.25) is 15.2 Å². The number of carbonyl (C=O) groups is 2. The van der Waals surface area contributed by atoms with Gasteiger partial charge in [0, 0.05) is 29.5 Å². The van der Waals surface area contributed by atoms with Crippen LogP contribution in [0.3, 0.4) is 0 Å². The molecule has 2 heterocycles. The van der Waals surface area contributed by atoms with Crippen molar-refractivity contribution < 1.29 is 14.3 Å². The van der Waals surface area contributed by atoms with E-state index in [0.29, 0.717) is 28.6 Å². The number of unbranched alkanes of at least 4 members (excludes halogenated alkanes) is 14. The molecule has 0 saturated heterocycles. The average Bonchev–Trinajstić information content (AvgIpc) is 3.54. The number of hydrogen-bond donors (Lipinski definition) is 2. The molecule has 0 aliphatic rings. The van der Waals surface area contributed by atoms with Gasteiger partial charge in [0.25, 0.3) is 0 Å². The fourth-order valence-electron chi connectivity index (χ4n) is 5.64. The third-order valence-corrected chi connectivity index (χ3v) is 8.60. The number of halogens is 1. The highest BCUT2D eigenvalue weighted by Gasteiger charge is 2.24. The van der Waals surface area contributed by atoms with Crippen molar-refractivity contribution >= 4 is 34.8 Å². The van der Waals surface area contributed by atoms with Crippen molar-refractivity contribution in [2.24, 2.45) is 0 Å². The summed E-state index contributed by atoms with van der Waals surface area (Å²) < 4.78 is 7.04. The Balaban J connectivity index is 1.27. The van der Waals surface area contributed by atoms with Gasteiger partial charge in [0.1, 0.15) is 16.9 Å². The number of nitrogens with one attached hydrogen (secondary N) is 2. The number of H-pyrrole nitrogens is 1. The molecule has 3 aromatic rings. The van der Waals surface area contributed by atoms with Gasteiger partial charge in [0.05, 0.1) is 5.69 Å². The van der Waals surface area contributed by atoms with Crippen LogP contribution in [0, 0.1) is 0 Å². The predicted molar refractivity (Wildman–Crippen MR) is 185 cm³/mol. The molecule has 0 aliphatic heterocycles. The predicted octanol–water partition coefficient (Wildman–Crippen LogP) is 10.8. The molecule has 0 radical (unpaired) electrons. The molecule has 1 atom stereocenters. The van der Waals surface area contributed by atoms with E-state index >= 15 is 0 Å². The maximum atomic E-state index is 12.5. The molecule has 2 N–H and O–H groups in total. The first-order chi connectivity index (χ1) is 21.6. The molecule has 0 fully saturated rings. The smallest absolute Gasteiger partial charge is 0.411 e. The first-order valence-corrected chi connectivity index (χ1v) is 17.7. The van der Waals surface area contributed by atoms with Crippen molar-refractivity contribution in [3.05, 3.63) is 35.0 Å². The lowest BCUT2D eigenvalue weighted by Crippen LogP contribution is -2.22. The Morgan fingerprint density at radius 2 is 1.51 bits per heavy atom. The molecule has 45 heavy (non-hydrogen) atoms. The third kappa shape index (κ3) is 12.8. The Bertz CT molecular complexity index is 1330. The van der Waals surface area contributed by atoms with Gasteiger partial charge in [0.15, 0.2) is 11.5 Å². The number of Topliss-reactive ketones (excluding diaryl/α,β-unsaturated/α-hetero) is 1. The van der Waals surface area contributed by atoms with Crippen LogP contribution in [0.4, 0.5) is 10.5 Å². The minimum atomic E-state index is -0.595. The van der Waals surface area contributed by atoms with Crippen molar-refractivity contribution in [3.8, 4) is 11.4 Å². The number of aromatic amines is 1. The summed E-state index contributed by atoms with van der Waals surface area (Å²) in [4.78, 5) is 29.6. The molecule has 0 saturated carbocycles. The molecule has 1 aromatic carbocycles. The number of fused-ring (bicyclic) bond motifs is 1. The molecule has 2 aromatic heterocycles. The Morgan fingerprint density at radius 3 is 2.07 bits per heavy atom. The Labute approximate surface area is 275 Å². The number of ketones is 1. The molecule has 0 bridgehead atoms. The fourth-order valence-corrected chi connectivity index (χ4v) is 6.09. The van der Waals surface area contributed by atoms with E-state index in [1.807, 2.05) is 12.1 Å². The summed E-state index contributed by atoms with van der Waals surface area (Å²) in [6.07, 6.45) is 19.2. The average molecular weight is 642 g/mol. The summed E-state index contributed by atoms with van der Waals surface area (Å²) in [5.41, 5.74) is 2.53. The quantitative estimate of drug-likeness (QED) is 0.113. The largest absolute Gasteiger partial charge is 0.446 e. The molecule has 8 nitrogen and oxygen atoms in total. The van der Waals surface area contributed by atoms with Gasteiger partial charge in [0.2, 0.25) is 0 Å². The molecule has 0 spiro atoms. The van der Waals surface area contributed by atoms with Gasteiger partial charge < -0.3 is 4.74 Å². The summed E-state index contributed by atoms with van der Waals surface area (Å²) in [5.74, 6) is 0.625. The number of carbonyl (C=O) groups excluding carboxylic acids is 2. The van der Waals surface area contributed by atoms with Crippen LogP contribution in [-0.2, 0) is 14.9 Å². The van der Waals surface area contributed by atoms with Crippen molar-refractivity contribution in [3.63, 3.8) is 0 Å². The second-order valence-corrected chi connectivity index (χ2v) is 14.0. The number of benzene rings is 1. The van der Waals surface area contributed by atoms with Crippen LogP contribution in [-0.4, -0.2) is 37.8 Å². The normalized spacial score (nSPS) is 12.5. The zero-order valence-electron chi connectivity index (χ0n) is 28.4. The molecular weight excluding hydrogens is 586 g/mol. The van der Waals surface area contributed by atoms with E-state index in [1.165, 1.54) is 83.5 Å². The summed E-state index contributed by atoms with van der Waals surface area (Å²) in [6.45, 7) is 10.2. The maximum absolute atomic E-state index is 12.5. The van der Waals surface area contributed by atoms with Gasteiger partial charge in [-0.05, 0) is 25.5 Å². The number of ether oxygens (including phenoxy) is 1. The van der Waals surface area contributed by atoms with Gasteiger partial charge >= 0.3 is 6.09 Å². The molecule has 9 heteroatoms. The highest BCUT2D eigenvalue weighted by atomic mass is 35.5. The van der Waals surface area contributed by atoms with E-state index in [0.717, 1.165) is 24.1 Å². The minimum Gasteiger partial charge on any atom is -0.446 e. The van der Waals surface area contributed by atoms with E-state index in [-0.39, 0.29) is 17.6 Å². The zero-order valence-corrected chi connectivity index (χ0v) is 29.1. The van der Waals surface area contributed by atoms with Crippen LogP contribution in [0.15, 0.2) is 24.3 Å². The topological polar surface area (TPSA) is 101 Å². The molecule has 0 aliphatic carbocycles. The summed E-state index contributed by atoms with van der Waals surface area (Å²) in [5, 5.41) is 11.0. The lowest BCUT2D eigenvalue weighted by atomic mass is 9.92. The van der Waals surface area contributed by atoms with Gasteiger partial charge in [-0.25, -0.2) is 9.78 Å². The minimum absolute atomic E-state index is 0.141. The first-order valence-electron chi connectivity index (χ1n) is 17.3. The second-order valence-electron chi connectivity index (χ2n) is 13.6. The Kier molecular flexibility index (Phi) is 15.4. The summed E-state index contributed by atoms with van der Waals surface area (Å²) in [6, 6.07) is 7.22.